The Morgan fingerprint density at radius 3 is 2.04 bits per heavy atom. The van der Waals surface area contributed by atoms with Crippen molar-refractivity contribution in [2.45, 2.75) is 58.8 Å². The quantitative estimate of drug-likeness (QED) is 0.350. The zero-order valence-electron chi connectivity index (χ0n) is 17.0. The van der Waals surface area contributed by atoms with Crippen LogP contribution in [0.1, 0.15) is 57.1 Å². The third kappa shape index (κ3) is 5.28. The van der Waals surface area contributed by atoms with Gasteiger partial charge >= 0.3 is 0 Å². The minimum atomic E-state index is -0.143. The molecule has 0 aliphatic carbocycles. The fraction of sp³-hybridized carbons (Fsp3) is 0.346. The first-order valence-electron chi connectivity index (χ1n) is 10.6. The summed E-state index contributed by atoms with van der Waals surface area (Å²) in [6.07, 6.45) is 9.94. The van der Waals surface area contributed by atoms with Gasteiger partial charge in [-0.15, -0.1) is 0 Å². The highest BCUT2D eigenvalue weighted by atomic mass is 19.1. The smallest absolute Gasteiger partial charge is 0.131 e. The van der Waals surface area contributed by atoms with Crippen molar-refractivity contribution in [1.29, 1.82) is 0 Å². The highest BCUT2D eigenvalue weighted by Gasteiger charge is 2.07. The zero-order chi connectivity index (χ0) is 19.8. The molecule has 28 heavy (non-hydrogen) atoms. The molecule has 1 nitrogen and oxygen atoms in total. The van der Waals surface area contributed by atoms with Gasteiger partial charge in [0.1, 0.15) is 5.82 Å². The summed E-state index contributed by atoms with van der Waals surface area (Å²) in [5, 5.41) is 0. The average molecular weight is 376 g/mol. The number of halogens is 1. The van der Waals surface area contributed by atoms with Crippen LogP contribution in [0.3, 0.4) is 0 Å². The predicted octanol–water partition coefficient (Wildman–Crippen LogP) is 7.63. The van der Waals surface area contributed by atoms with Crippen LogP contribution in [-0.4, -0.2) is 4.98 Å². The standard InChI is InChI=1S/C26H30FN/c1-3-5-7-9-21-11-17-26(28-19-21)23-14-12-22(13-15-23)24-16-10-20(8-6-4-2)18-25(24)27/h10-19H,3-9H2,1-2H3. The fourth-order valence-corrected chi connectivity index (χ4v) is 3.47. The van der Waals surface area contributed by atoms with Crippen molar-refractivity contribution < 1.29 is 4.39 Å². The summed E-state index contributed by atoms with van der Waals surface area (Å²) in [5.74, 6) is -0.143. The number of benzene rings is 2. The van der Waals surface area contributed by atoms with Crippen molar-refractivity contribution in [3.63, 3.8) is 0 Å². The number of aromatic nitrogens is 1. The van der Waals surface area contributed by atoms with Gasteiger partial charge in [-0.1, -0.05) is 75.6 Å². The van der Waals surface area contributed by atoms with E-state index in [2.05, 4.69) is 31.0 Å². The molecule has 0 saturated heterocycles. The molecule has 0 saturated carbocycles. The fourth-order valence-electron chi connectivity index (χ4n) is 3.47. The van der Waals surface area contributed by atoms with Crippen LogP contribution in [0.25, 0.3) is 22.4 Å². The highest BCUT2D eigenvalue weighted by molar-refractivity contribution is 5.69. The third-order valence-corrected chi connectivity index (χ3v) is 5.24. The van der Waals surface area contributed by atoms with Crippen LogP contribution >= 0.6 is 0 Å². The first kappa shape index (κ1) is 20.3. The van der Waals surface area contributed by atoms with E-state index >= 15 is 0 Å². The van der Waals surface area contributed by atoms with Crippen molar-refractivity contribution in [3.05, 3.63) is 77.7 Å². The SMILES string of the molecule is CCCCCc1ccc(-c2ccc(-c3ccc(CCCC)cc3F)cc2)nc1. The average Bonchev–Trinajstić information content (AvgIpc) is 2.73. The first-order chi connectivity index (χ1) is 13.7. The van der Waals surface area contributed by atoms with Crippen molar-refractivity contribution in [2.75, 3.05) is 0 Å². The van der Waals surface area contributed by atoms with Gasteiger partial charge in [-0.3, -0.25) is 4.98 Å². The van der Waals surface area contributed by atoms with E-state index < -0.39 is 0 Å². The molecule has 0 aliphatic rings. The van der Waals surface area contributed by atoms with E-state index in [4.69, 9.17) is 0 Å². The molecule has 1 aromatic heterocycles. The summed E-state index contributed by atoms with van der Waals surface area (Å²) in [4.78, 5) is 4.61. The van der Waals surface area contributed by atoms with E-state index in [1.807, 2.05) is 42.6 Å². The number of hydrogen-bond acceptors (Lipinski definition) is 1. The molecule has 0 bridgehead atoms. The minimum Gasteiger partial charge on any atom is -0.256 e. The summed E-state index contributed by atoms with van der Waals surface area (Å²) in [7, 11) is 0. The molecule has 0 fully saturated rings. The van der Waals surface area contributed by atoms with Crippen LogP contribution in [0.4, 0.5) is 4.39 Å². The van der Waals surface area contributed by atoms with Crippen molar-refractivity contribution in [2.24, 2.45) is 0 Å². The maximum atomic E-state index is 14.5. The van der Waals surface area contributed by atoms with Gasteiger partial charge in [0, 0.05) is 17.3 Å². The first-order valence-corrected chi connectivity index (χ1v) is 10.6. The predicted molar refractivity (Wildman–Crippen MR) is 117 cm³/mol. The molecule has 0 unspecified atom stereocenters. The van der Waals surface area contributed by atoms with E-state index in [9.17, 15) is 4.39 Å². The molecule has 3 rings (SSSR count). The van der Waals surface area contributed by atoms with Crippen LogP contribution < -0.4 is 0 Å². The highest BCUT2D eigenvalue weighted by Crippen LogP contribution is 2.27. The largest absolute Gasteiger partial charge is 0.256 e. The Kier molecular flexibility index (Phi) is 7.36. The lowest BCUT2D eigenvalue weighted by Crippen LogP contribution is -1.91. The molecule has 3 aromatic rings. The Bertz CT molecular complexity index is 866. The third-order valence-electron chi connectivity index (χ3n) is 5.24. The number of unbranched alkanes of at least 4 members (excludes halogenated alkanes) is 3. The van der Waals surface area contributed by atoms with E-state index in [0.717, 1.165) is 48.1 Å². The molecule has 2 aromatic carbocycles. The van der Waals surface area contributed by atoms with Gasteiger partial charge in [-0.05, 0) is 54.5 Å². The van der Waals surface area contributed by atoms with Crippen molar-refractivity contribution >= 4 is 0 Å². The van der Waals surface area contributed by atoms with Crippen LogP contribution in [-0.2, 0) is 12.8 Å². The summed E-state index contributed by atoms with van der Waals surface area (Å²) < 4.78 is 14.5. The topological polar surface area (TPSA) is 12.9 Å². The second kappa shape index (κ2) is 10.2. The van der Waals surface area contributed by atoms with Crippen molar-refractivity contribution in [3.8, 4) is 22.4 Å². The molecule has 0 aliphatic heterocycles. The molecule has 146 valence electrons. The summed E-state index contributed by atoms with van der Waals surface area (Å²) in [5.41, 5.74) is 5.94. The van der Waals surface area contributed by atoms with E-state index in [0.29, 0.717) is 5.56 Å². The second-order valence-corrected chi connectivity index (χ2v) is 7.50. The Hall–Kier alpha value is -2.48. The lowest BCUT2D eigenvalue weighted by Gasteiger charge is -2.08. The van der Waals surface area contributed by atoms with Crippen LogP contribution in [0.15, 0.2) is 60.8 Å². The van der Waals surface area contributed by atoms with Gasteiger partial charge < -0.3 is 0 Å². The molecule has 0 atom stereocenters. The lowest BCUT2D eigenvalue weighted by atomic mass is 9.99. The molecular formula is C26H30FN. The van der Waals surface area contributed by atoms with E-state index in [1.165, 1.54) is 24.8 Å². The number of rotatable bonds is 9. The molecule has 0 N–H and O–H groups in total. The van der Waals surface area contributed by atoms with Gasteiger partial charge in [-0.2, -0.15) is 0 Å². The maximum Gasteiger partial charge on any atom is 0.131 e. The summed E-state index contributed by atoms with van der Waals surface area (Å²) in [6.45, 7) is 4.37. The Balaban J connectivity index is 1.71. The van der Waals surface area contributed by atoms with Crippen LogP contribution in [0, 0.1) is 5.82 Å². The molecular weight excluding hydrogens is 345 g/mol. The number of pyridine rings is 1. The van der Waals surface area contributed by atoms with Gasteiger partial charge in [0.15, 0.2) is 0 Å². The molecule has 0 radical (unpaired) electrons. The summed E-state index contributed by atoms with van der Waals surface area (Å²) >= 11 is 0. The zero-order valence-corrected chi connectivity index (χ0v) is 17.0. The van der Waals surface area contributed by atoms with Crippen LogP contribution in [0.2, 0.25) is 0 Å². The minimum absolute atomic E-state index is 0.143. The molecule has 0 amide bonds. The van der Waals surface area contributed by atoms with E-state index in [1.54, 1.807) is 6.07 Å². The Labute approximate surface area is 168 Å². The summed E-state index contributed by atoms with van der Waals surface area (Å²) in [6, 6.07) is 17.9. The molecule has 2 heteroatoms. The Morgan fingerprint density at radius 1 is 0.714 bits per heavy atom. The van der Waals surface area contributed by atoms with Crippen LogP contribution in [0.5, 0.6) is 0 Å². The lowest BCUT2D eigenvalue weighted by molar-refractivity contribution is 0.627. The molecule has 1 heterocycles. The van der Waals surface area contributed by atoms with Gasteiger partial charge in [0.25, 0.3) is 0 Å². The molecule has 0 spiro atoms. The van der Waals surface area contributed by atoms with E-state index in [-0.39, 0.29) is 5.82 Å². The maximum absolute atomic E-state index is 14.5. The normalized spacial score (nSPS) is 11.0. The number of nitrogens with zero attached hydrogens (tertiary/aromatic N) is 1. The monoisotopic (exact) mass is 375 g/mol. The van der Waals surface area contributed by atoms with Gasteiger partial charge in [0.2, 0.25) is 0 Å². The van der Waals surface area contributed by atoms with Gasteiger partial charge in [0.05, 0.1) is 5.69 Å². The van der Waals surface area contributed by atoms with Crippen molar-refractivity contribution in [1.82, 2.24) is 4.98 Å². The van der Waals surface area contributed by atoms with Gasteiger partial charge in [-0.25, -0.2) is 4.39 Å². The second-order valence-electron chi connectivity index (χ2n) is 7.50. The number of aryl methyl sites for hydroxylation is 2. The Morgan fingerprint density at radius 2 is 1.39 bits per heavy atom. The number of hydrogen-bond donors (Lipinski definition) is 0.